The number of anilines is 1. The van der Waals surface area contributed by atoms with Crippen LogP contribution in [0.3, 0.4) is 0 Å². The Balaban J connectivity index is 2.14. The number of amides is 1. The van der Waals surface area contributed by atoms with Crippen molar-refractivity contribution in [2.45, 2.75) is 56.6 Å². The van der Waals surface area contributed by atoms with Gasteiger partial charge in [-0.2, -0.15) is 0 Å². The van der Waals surface area contributed by atoms with Gasteiger partial charge in [-0.15, -0.1) is 22.0 Å². The largest absolute Gasteiger partial charge is 0.296 e. The quantitative estimate of drug-likeness (QED) is 0.699. The second-order valence-electron chi connectivity index (χ2n) is 5.58. The van der Waals surface area contributed by atoms with Crippen molar-refractivity contribution in [2.75, 3.05) is 5.32 Å². The summed E-state index contributed by atoms with van der Waals surface area (Å²) >= 11 is 3.16. The summed E-state index contributed by atoms with van der Waals surface area (Å²) in [7, 11) is 0. The van der Waals surface area contributed by atoms with Gasteiger partial charge in [-0.05, 0) is 25.0 Å². The van der Waals surface area contributed by atoms with Crippen LogP contribution in [0.4, 0.5) is 5.13 Å². The molecule has 0 saturated heterocycles. The number of aromatic nitrogens is 2. The minimum atomic E-state index is -0.124. The standard InChI is InChI=1S/C17H23N3OS2/c1-5-12(6-2)16-19-20-17(23-16)18-15(21)13-9-7-8-10-14(13)22-11(3)4/h7-12H,5-6H2,1-4H3,(H,18,20,21). The molecule has 0 radical (unpaired) electrons. The number of benzene rings is 1. The Morgan fingerprint density at radius 3 is 2.57 bits per heavy atom. The van der Waals surface area contributed by atoms with Gasteiger partial charge in [0.1, 0.15) is 5.01 Å². The molecule has 6 heteroatoms. The molecule has 1 heterocycles. The van der Waals surface area contributed by atoms with E-state index in [1.165, 1.54) is 11.3 Å². The van der Waals surface area contributed by atoms with Crippen LogP contribution in [-0.4, -0.2) is 21.4 Å². The van der Waals surface area contributed by atoms with Gasteiger partial charge in [0.15, 0.2) is 0 Å². The van der Waals surface area contributed by atoms with E-state index in [9.17, 15) is 4.79 Å². The van der Waals surface area contributed by atoms with Crippen molar-refractivity contribution in [2.24, 2.45) is 0 Å². The highest BCUT2D eigenvalue weighted by Crippen LogP contribution is 2.30. The van der Waals surface area contributed by atoms with Crippen molar-refractivity contribution in [3.8, 4) is 0 Å². The summed E-state index contributed by atoms with van der Waals surface area (Å²) in [5, 5.41) is 13.2. The molecular formula is C17H23N3OS2. The second-order valence-corrected chi connectivity index (χ2v) is 8.20. The topological polar surface area (TPSA) is 54.9 Å². The van der Waals surface area contributed by atoms with Gasteiger partial charge in [0, 0.05) is 16.1 Å². The first kappa shape index (κ1) is 17.9. The minimum absolute atomic E-state index is 0.124. The van der Waals surface area contributed by atoms with Crippen molar-refractivity contribution in [1.29, 1.82) is 0 Å². The summed E-state index contributed by atoms with van der Waals surface area (Å²) in [5.41, 5.74) is 0.686. The lowest BCUT2D eigenvalue weighted by molar-refractivity contribution is 0.102. The molecule has 2 rings (SSSR count). The summed E-state index contributed by atoms with van der Waals surface area (Å²) < 4.78 is 0. The maximum Gasteiger partial charge on any atom is 0.258 e. The molecule has 0 aliphatic carbocycles. The normalized spacial score (nSPS) is 11.2. The fraction of sp³-hybridized carbons (Fsp3) is 0.471. The molecule has 0 atom stereocenters. The Labute approximate surface area is 146 Å². The van der Waals surface area contributed by atoms with Gasteiger partial charge in [-0.3, -0.25) is 10.1 Å². The monoisotopic (exact) mass is 349 g/mol. The Morgan fingerprint density at radius 2 is 1.91 bits per heavy atom. The average molecular weight is 350 g/mol. The summed E-state index contributed by atoms with van der Waals surface area (Å²) in [5.74, 6) is 0.294. The molecule has 1 N–H and O–H groups in total. The van der Waals surface area contributed by atoms with Crippen molar-refractivity contribution in [3.63, 3.8) is 0 Å². The highest BCUT2D eigenvalue weighted by Gasteiger charge is 2.17. The first-order valence-electron chi connectivity index (χ1n) is 7.95. The zero-order valence-corrected chi connectivity index (χ0v) is 15.6. The van der Waals surface area contributed by atoms with Crippen molar-refractivity contribution in [3.05, 3.63) is 34.8 Å². The van der Waals surface area contributed by atoms with Crippen LogP contribution < -0.4 is 5.32 Å². The molecule has 0 aliphatic heterocycles. The van der Waals surface area contributed by atoms with Crippen LogP contribution in [0.1, 0.15) is 61.8 Å². The van der Waals surface area contributed by atoms with E-state index in [-0.39, 0.29) is 5.91 Å². The molecular weight excluding hydrogens is 326 g/mol. The lowest BCUT2D eigenvalue weighted by Gasteiger charge is -2.10. The Hall–Kier alpha value is -1.40. The van der Waals surface area contributed by atoms with E-state index in [2.05, 4.69) is 43.2 Å². The molecule has 0 unspecified atom stereocenters. The number of nitrogens with one attached hydrogen (secondary N) is 1. The predicted molar refractivity (Wildman–Crippen MR) is 98.6 cm³/mol. The average Bonchev–Trinajstić information content (AvgIpc) is 2.96. The molecule has 0 bridgehead atoms. The number of carbonyl (C=O) groups is 1. The van der Waals surface area contributed by atoms with Crippen LogP contribution in [0.5, 0.6) is 0 Å². The van der Waals surface area contributed by atoms with Gasteiger partial charge in [-0.25, -0.2) is 0 Å². The molecule has 2 aromatic rings. The van der Waals surface area contributed by atoms with Crippen LogP contribution in [0, 0.1) is 0 Å². The van der Waals surface area contributed by atoms with Gasteiger partial charge in [0.2, 0.25) is 5.13 Å². The van der Waals surface area contributed by atoms with Crippen molar-refractivity contribution >= 4 is 34.1 Å². The SMILES string of the molecule is CCC(CC)c1nnc(NC(=O)c2ccccc2SC(C)C)s1. The number of nitrogens with zero attached hydrogens (tertiary/aromatic N) is 2. The Morgan fingerprint density at radius 1 is 1.22 bits per heavy atom. The van der Waals surface area contributed by atoms with Gasteiger partial charge >= 0.3 is 0 Å². The maximum atomic E-state index is 12.5. The van der Waals surface area contributed by atoms with Crippen LogP contribution in [0.15, 0.2) is 29.2 Å². The molecule has 4 nitrogen and oxygen atoms in total. The minimum Gasteiger partial charge on any atom is -0.296 e. The van der Waals surface area contributed by atoms with Gasteiger partial charge < -0.3 is 0 Å². The van der Waals surface area contributed by atoms with E-state index in [1.807, 2.05) is 24.3 Å². The molecule has 0 saturated carbocycles. The number of hydrogen-bond acceptors (Lipinski definition) is 5. The fourth-order valence-electron chi connectivity index (χ4n) is 2.26. The van der Waals surface area contributed by atoms with E-state index in [0.29, 0.717) is 21.9 Å². The number of hydrogen-bond donors (Lipinski definition) is 1. The van der Waals surface area contributed by atoms with E-state index >= 15 is 0 Å². The first-order valence-corrected chi connectivity index (χ1v) is 9.65. The van der Waals surface area contributed by atoms with Crippen molar-refractivity contribution in [1.82, 2.24) is 10.2 Å². The number of thioether (sulfide) groups is 1. The lowest BCUT2D eigenvalue weighted by atomic mass is 10.1. The molecule has 0 aliphatic rings. The predicted octanol–water partition coefficient (Wildman–Crippen LogP) is 5.19. The Bertz CT molecular complexity index is 651. The zero-order chi connectivity index (χ0) is 16.8. The Kier molecular flexibility index (Phi) is 6.59. The molecule has 1 amide bonds. The van der Waals surface area contributed by atoms with Crippen LogP contribution in [0.25, 0.3) is 0 Å². The van der Waals surface area contributed by atoms with E-state index in [4.69, 9.17) is 0 Å². The molecule has 0 spiro atoms. The lowest BCUT2D eigenvalue weighted by Crippen LogP contribution is -2.13. The number of rotatable bonds is 7. The van der Waals surface area contributed by atoms with Gasteiger partial charge in [-0.1, -0.05) is 51.2 Å². The highest BCUT2D eigenvalue weighted by atomic mass is 32.2. The van der Waals surface area contributed by atoms with E-state index < -0.39 is 0 Å². The molecule has 23 heavy (non-hydrogen) atoms. The smallest absolute Gasteiger partial charge is 0.258 e. The summed E-state index contributed by atoms with van der Waals surface area (Å²) in [4.78, 5) is 13.5. The molecule has 124 valence electrons. The molecule has 0 fully saturated rings. The van der Waals surface area contributed by atoms with Crippen LogP contribution in [0.2, 0.25) is 0 Å². The summed E-state index contributed by atoms with van der Waals surface area (Å²) in [6, 6.07) is 7.67. The molecule has 1 aromatic heterocycles. The second kappa shape index (κ2) is 8.45. The molecule has 1 aromatic carbocycles. The summed E-state index contributed by atoms with van der Waals surface area (Å²) in [6.07, 6.45) is 2.07. The van der Waals surface area contributed by atoms with E-state index in [0.717, 1.165) is 22.7 Å². The summed E-state index contributed by atoms with van der Waals surface area (Å²) in [6.45, 7) is 8.53. The third-order valence-corrected chi connectivity index (χ3v) is 5.57. The third kappa shape index (κ3) is 4.78. The fourth-order valence-corrected chi connectivity index (χ4v) is 4.22. The highest BCUT2D eigenvalue weighted by molar-refractivity contribution is 8.00. The van der Waals surface area contributed by atoms with Gasteiger partial charge in [0.05, 0.1) is 5.56 Å². The van der Waals surface area contributed by atoms with Crippen LogP contribution >= 0.6 is 23.1 Å². The number of carbonyl (C=O) groups excluding carboxylic acids is 1. The van der Waals surface area contributed by atoms with Gasteiger partial charge in [0.25, 0.3) is 5.91 Å². The maximum absolute atomic E-state index is 12.5. The van der Waals surface area contributed by atoms with Crippen LogP contribution in [-0.2, 0) is 0 Å². The first-order chi connectivity index (χ1) is 11.0. The van der Waals surface area contributed by atoms with Crippen molar-refractivity contribution < 1.29 is 4.79 Å². The third-order valence-electron chi connectivity index (χ3n) is 3.49. The zero-order valence-electron chi connectivity index (χ0n) is 14.0. The van der Waals surface area contributed by atoms with E-state index in [1.54, 1.807) is 11.8 Å².